The van der Waals surface area contributed by atoms with Crippen LogP contribution in [0.25, 0.3) is 0 Å². The molecule has 0 aromatic rings. The Kier molecular flexibility index (Phi) is 3.96. The van der Waals surface area contributed by atoms with E-state index in [1.807, 2.05) is 6.92 Å². The molecular weight excluding hydrogens is 174 g/mol. The van der Waals surface area contributed by atoms with E-state index in [-0.39, 0.29) is 6.04 Å². The van der Waals surface area contributed by atoms with E-state index in [9.17, 15) is 0 Å². The smallest absolute Gasteiger partial charge is 0.0411 e. The van der Waals surface area contributed by atoms with Gasteiger partial charge in [-0.2, -0.15) is 0 Å². The van der Waals surface area contributed by atoms with Gasteiger partial charge in [0, 0.05) is 44.0 Å². The Labute approximate surface area is 87.6 Å². The minimum atomic E-state index is 0.0839. The summed E-state index contributed by atoms with van der Waals surface area (Å²) in [6, 6.07) is 0.737. The Balaban J connectivity index is 2.39. The second kappa shape index (κ2) is 4.80. The lowest BCUT2D eigenvalue weighted by Gasteiger charge is -2.39. The molecule has 0 aliphatic carbocycles. The molecule has 1 atom stereocenters. The predicted octanol–water partition coefficient (Wildman–Crippen LogP) is 0.873. The minimum absolute atomic E-state index is 0.0839. The van der Waals surface area contributed by atoms with Crippen molar-refractivity contribution in [1.29, 1.82) is 0 Å². The number of hydrogen-bond donors (Lipinski definition) is 1. The third-order valence-electron chi connectivity index (χ3n) is 2.98. The van der Waals surface area contributed by atoms with Crippen LogP contribution in [0, 0.1) is 0 Å². The molecule has 1 heterocycles. The van der Waals surface area contributed by atoms with Crippen molar-refractivity contribution in [2.24, 2.45) is 5.73 Å². The summed E-state index contributed by atoms with van der Waals surface area (Å²) in [6.07, 6.45) is 0. The van der Waals surface area contributed by atoms with E-state index in [2.05, 4.69) is 30.2 Å². The molecule has 0 aromatic carbocycles. The van der Waals surface area contributed by atoms with Crippen molar-refractivity contribution in [2.45, 2.75) is 32.9 Å². The third-order valence-corrected chi connectivity index (χ3v) is 2.98. The Morgan fingerprint density at radius 3 is 2.00 bits per heavy atom. The number of hydrogen-bond acceptors (Lipinski definition) is 3. The zero-order valence-electron chi connectivity index (χ0n) is 9.66. The van der Waals surface area contributed by atoms with Crippen LogP contribution >= 0.6 is 0 Å². The van der Waals surface area contributed by atoms with Crippen molar-refractivity contribution in [3.8, 4) is 0 Å². The van der Waals surface area contributed by atoms with E-state index in [0.29, 0.717) is 6.04 Å². The Morgan fingerprint density at radius 1 is 1.14 bits per heavy atom. The van der Waals surface area contributed by atoms with Gasteiger partial charge in [0.2, 0.25) is 0 Å². The molecule has 1 rings (SSSR count). The number of piperazine rings is 1. The van der Waals surface area contributed by atoms with E-state index in [1.165, 1.54) is 0 Å². The van der Waals surface area contributed by atoms with Gasteiger partial charge in [-0.25, -0.2) is 0 Å². The molecule has 82 valence electrons. The molecule has 1 aliphatic heterocycles. The maximum atomic E-state index is 5.81. The second-order valence-corrected chi connectivity index (χ2v) is 4.40. The van der Waals surface area contributed by atoms with E-state index in [0.717, 1.165) is 31.9 Å². The highest BCUT2D eigenvalue weighted by atomic mass is 15.3. The Hall–Kier alpha value is -0.540. The van der Waals surface area contributed by atoms with E-state index < -0.39 is 0 Å². The monoisotopic (exact) mass is 197 g/mol. The molecule has 2 N–H and O–H groups in total. The summed E-state index contributed by atoms with van der Waals surface area (Å²) in [5, 5.41) is 0. The molecule has 0 amide bonds. The molecule has 0 bridgehead atoms. The van der Waals surface area contributed by atoms with Gasteiger partial charge in [-0.3, -0.25) is 4.90 Å². The largest absolute Gasteiger partial charge is 0.371 e. The minimum Gasteiger partial charge on any atom is -0.371 e. The molecule has 3 nitrogen and oxygen atoms in total. The molecule has 0 spiro atoms. The first-order valence-corrected chi connectivity index (χ1v) is 5.45. The molecule has 14 heavy (non-hydrogen) atoms. The lowest BCUT2D eigenvalue weighted by molar-refractivity contribution is 0.127. The maximum Gasteiger partial charge on any atom is 0.0411 e. The SMILES string of the molecule is C=C(C(C)N)N1CCN(C(C)C)CC1. The van der Waals surface area contributed by atoms with Crippen molar-refractivity contribution < 1.29 is 0 Å². The maximum absolute atomic E-state index is 5.81. The molecule has 0 aromatic heterocycles. The lowest BCUT2D eigenvalue weighted by Crippen LogP contribution is -2.49. The van der Waals surface area contributed by atoms with E-state index in [1.54, 1.807) is 0 Å². The van der Waals surface area contributed by atoms with Gasteiger partial charge in [0.25, 0.3) is 0 Å². The van der Waals surface area contributed by atoms with Crippen molar-refractivity contribution >= 4 is 0 Å². The summed E-state index contributed by atoms with van der Waals surface area (Å²) in [6.45, 7) is 14.9. The van der Waals surface area contributed by atoms with Crippen LogP contribution in [0.2, 0.25) is 0 Å². The molecule has 1 aliphatic rings. The highest BCUT2D eigenvalue weighted by Crippen LogP contribution is 2.11. The number of nitrogens with two attached hydrogens (primary N) is 1. The van der Waals surface area contributed by atoms with E-state index >= 15 is 0 Å². The quantitative estimate of drug-likeness (QED) is 0.729. The van der Waals surface area contributed by atoms with Crippen LogP contribution in [0.15, 0.2) is 12.3 Å². The molecular formula is C11H23N3. The van der Waals surface area contributed by atoms with Crippen LogP contribution in [-0.2, 0) is 0 Å². The molecule has 1 saturated heterocycles. The first-order valence-electron chi connectivity index (χ1n) is 5.45. The first-order chi connectivity index (χ1) is 6.52. The van der Waals surface area contributed by atoms with Crippen molar-refractivity contribution in [1.82, 2.24) is 9.80 Å². The fraction of sp³-hybridized carbons (Fsp3) is 0.818. The van der Waals surface area contributed by atoms with E-state index in [4.69, 9.17) is 5.73 Å². The lowest BCUT2D eigenvalue weighted by atomic mass is 10.2. The normalized spacial score (nSPS) is 21.4. The standard InChI is InChI=1S/C11H23N3/c1-9(2)13-5-7-14(8-6-13)11(4)10(3)12/h9-10H,4-8,12H2,1-3H3. The molecule has 1 fully saturated rings. The van der Waals surface area contributed by atoms with Crippen molar-refractivity contribution in [3.63, 3.8) is 0 Å². The van der Waals surface area contributed by atoms with Gasteiger partial charge in [-0.1, -0.05) is 6.58 Å². The van der Waals surface area contributed by atoms with Gasteiger partial charge in [0.1, 0.15) is 0 Å². The van der Waals surface area contributed by atoms with Crippen LogP contribution in [-0.4, -0.2) is 48.1 Å². The average Bonchev–Trinajstić information content (AvgIpc) is 2.16. The zero-order valence-corrected chi connectivity index (χ0v) is 9.66. The Bertz CT molecular complexity index is 191. The van der Waals surface area contributed by atoms with Crippen LogP contribution < -0.4 is 5.73 Å². The van der Waals surface area contributed by atoms with Gasteiger partial charge in [0.05, 0.1) is 0 Å². The summed E-state index contributed by atoms with van der Waals surface area (Å²) >= 11 is 0. The Morgan fingerprint density at radius 2 is 1.64 bits per heavy atom. The first kappa shape index (κ1) is 11.5. The van der Waals surface area contributed by atoms with Crippen molar-refractivity contribution in [2.75, 3.05) is 26.2 Å². The van der Waals surface area contributed by atoms with Gasteiger partial charge in [-0.15, -0.1) is 0 Å². The average molecular weight is 197 g/mol. The topological polar surface area (TPSA) is 32.5 Å². The van der Waals surface area contributed by atoms with Crippen LogP contribution in [0.4, 0.5) is 0 Å². The molecule has 0 saturated carbocycles. The molecule has 1 unspecified atom stereocenters. The van der Waals surface area contributed by atoms with Crippen molar-refractivity contribution in [3.05, 3.63) is 12.3 Å². The van der Waals surface area contributed by atoms with Crippen LogP contribution in [0.5, 0.6) is 0 Å². The number of nitrogens with zero attached hydrogens (tertiary/aromatic N) is 2. The zero-order chi connectivity index (χ0) is 10.7. The fourth-order valence-electron chi connectivity index (χ4n) is 1.81. The van der Waals surface area contributed by atoms with Crippen LogP contribution in [0.3, 0.4) is 0 Å². The summed E-state index contributed by atoms with van der Waals surface area (Å²) < 4.78 is 0. The fourth-order valence-corrected chi connectivity index (χ4v) is 1.81. The molecule has 0 radical (unpaired) electrons. The van der Waals surface area contributed by atoms with Gasteiger partial charge in [0.15, 0.2) is 0 Å². The summed E-state index contributed by atoms with van der Waals surface area (Å²) in [7, 11) is 0. The predicted molar refractivity (Wildman–Crippen MR) is 61.1 cm³/mol. The number of rotatable bonds is 3. The van der Waals surface area contributed by atoms with Crippen LogP contribution in [0.1, 0.15) is 20.8 Å². The highest BCUT2D eigenvalue weighted by Gasteiger charge is 2.20. The second-order valence-electron chi connectivity index (χ2n) is 4.40. The third kappa shape index (κ3) is 2.72. The van der Waals surface area contributed by atoms with Gasteiger partial charge >= 0.3 is 0 Å². The summed E-state index contributed by atoms with van der Waals surface area (Å²) in [4.78, 5) is 4.80. The molecule has 3 heteroatoms. The summed E-state index contributed by atoms with van der Waals surface area (Å²) in [5.41, 5.74) is 6.88. The van der Waals surface area contributed by atoms with Gasteiger partial charge < -0.3 is 10.6 Å². The van der Waals surface area contributed by atoms with Gasteiger partial charge in [-0.05, 0) is 20.8 Å². The summed E-state index contributed by atoms with van der Waals surface area (Å²) in [5.74, 6) is 0. The highest BCUT2D eigenvalue weighted by molar-refractivity contribution is 5.03.